The molecule has 1 saturated carbocycles. The Labute approximate surface area is 176 Å². The van der Waals surface area contributed by atoms with E-state index in [1.54, 1.807) is 12.1 Å². The van der Waals surface area contributed by atoms with Crippen molar-refractivity contribution < 1.29 is 14.0 Å². The van der Waals surface area contributed by atoms with Gasteiger partial charge in [0.05, 0.1) is 0 Å². The summed E-state index contributed by atoms with van der Waals surface area (Å²) in [5.74, 6) is -0.153. The third-order valence-electron chi connectivity index (χ3n) is 5.88. The van der Waals surface area contributed by atoms with Gasteiger partial charge >= 0.3 is 0 Å². The van der Waals surface area contributed by atoms with Crippen molar-refractivity contribution in [3.05, 3.63) is 78.1 Å². The minimum atomic E-state index is -0.258. The third kappa shape index (κ3) is 4.76. The summed E-state index contributed by atoms with van der Waals surface area (Å²) in [4.78, 5) is 28.4. The number of hydrogen-bond donors (Lipinski definition) is 1. The Kier molecular flexibility index (Phi) is 5.95. The van der Waals surface area contributed by atoms with Crippen LogP contribution in [0.25, 0.3) is 0 Å². The van der Waals surface area contributed by atoms with Crippen LogP contribution in [0, 0.1) is 11.7 Å². The maximum atomic E-state index is 13.1. The Balaban J connectivity index is 1.30. The van der Waals surface area contributed by atoms with Gasteiger partial charge in [-0.25, -0.2) is 4.39 Å². The standard InChI is InChI=1S/C24H26FN3O2/c1-2-23(29)28-12-10-27(11-13-28)16-17-4-3-5-20(14-17)26-24(30)22-15-21(22)18-6-8-19(25)9-7-18/h2-9,14,21-22H,1,10-13,15-16H2,(H,26,30). The smallest absolute Gasteiger partial charge is 0.246 e. The highest BCUT2D eigenvalue weighted by atomic mass is 19.1. The van der Waals surface area contributed by atoms with Crippen LogP contribution in [0.2, 0.25) is 0 Å². The summed E-state index contributed by atoms with van der Waals surface area (Å²) in [7, 11) is 0. The van der Waals surface area contributed by atoms with Crippen molar-refractivity contribution in [3.8, 4) is 0 Å². The first-order chi connectivity index (χ1) is 14.5. The summed E-state index contributed by atoms with van der Waals surface area (Å²) < 4.78 is 13.1. The van der Waals surface area contributed by atoms with Gasteiger partial charge in [-0.05, 0) is 53.8 Å². The second-order valence-electron chi connectivity index (χ2n) is 8.00. The summed E-state index contributed by atoms with van der Waals surface area (Å²) in [6.07, 6.45) is 2.16. The number of halogens is 1. The minimum Gasteiger partial charge on any atom is -0.337 e. The van der Waals surface area contributed by atoms with E-state index in [2.05, 4.69) is 22.9 Å². The summed E-state index contributed by atoms with van der Waals surface area (Å²) >= 11 is 0. The Morgan fingerprint density at radius 2 is 1.83 bits per heavy atom. The van der Waals surface area contributed by atoms with E-state index in [9.17, 15) is 14.0 Å². The molecule has 30 heavy (non-hydrogen) atoms. The van der Waals surface area contributed by atoms with E-state index in [-0.39, 0.29) is 29.5 Å². The molecule has 2 amide bonds. The van der Waals surface area contributed by atoms with E-state index in [1.807, 2.05) is 23.1 Å². The van der Waals surface area contributed by atoms with Gasteiger partial charge in [0, 0.05) is 44.3 Å². The van der Waals surface area contributed by atoms with Gasteiger partial charge in [-0.2, -0.15) is 0 Å². The molecule has 0 bridgehead atoms. The number of carbonyl (C=O) groups excluding carboxylic acids is 2. The number of piperazine rings is 1. The van der Waals surface area contributed by atoms with Crippen molar-refractivity contribution in [1.29, 1.82) is 0 Å². The predicted octanol–water partition coefficient (Wildman–Crippen LogP) is 3.40. The Morgan fingerprint density at radius 3 is 2.53 bits per heavy atom. The molecule has 2 aliphatic rings. The zero-order valence-electron chi connectivity index (χ0n) is 16.9. The molecule has 2 fully saturated rings. The maximum absolute atomic E-state index is 13.1. The Hall–Kier alpha value is -2.99. The van der Waals surface area contributed by atoms with Crippen molar-refractivity contribution in [2.24, 2.45) is 5.92 Å². The van der Waals surface area contributed by atoms with Crippen molar-refractivity contribution in [1.82, 2.24) is 9.80 Å². The number of amides is 2. The number of carbonyl (C=O) groups is 2. The van der Waals surface area contributed by atoms with Crippen molar-refractivity contribution in [2.75, 3.05) is 31.5 Å². The lowest BCUT2D eigenvalue weighted by molar-refractivity contribution is -0.127. The quantitative estimate of drug-likeness (QED) is 0.747. The zero-order chi connectivity index (χ0) is 21.1. The number of anilines is 1. The Bertz CT molecular complexity index is 936. The van der Waals surface area contributed by atoms with Gasteiger partial charge in [0.1, 0.15) is 5.82 Å². The van der Waals surface area contributed by atoms with Crippen LogP contribution in [-0.2, 0) is 16.1 Å². The zero-order valence-corrected chi connectivity index (χ0v) is 16.9. The second kappa shape index (κ2) is 8.79. The summed E-state index contributed by atoms with van der Waals surface area (Å²) in [6.45, 7) is 7.36. The van der Waals surface area contributed by atoms with Crippen LogP contribution in [0.15, 0.2) is 61.2 Å². The van der Waals surface area contributed by atoms with Gasteiger partial charge < -0.3 is 10.2 Å². The lowest BCUT2D eigenvalue weighted by Gasteiger charge is -2.34. The lowest BCUT2D eigenvalue weighted by atomic mass is 10.1. The number of nitrogens with one attached hydrogen (secondary N) is 1. The van der Waals surface area contributed by atoms with Gasteiger partial charge in [-0.3, -0.25) is 14.5 Å². The minimum absolute atomic E-state index is 0.0121. The molecule has 1 aliphatic heterocycles. The van der Waals surface area contributed by atoms with E-state index in [0.29, 0.717) is 13.1 Å². The highest BCUT2D eigenvalue weighted by Crippen LogP contribution is 2.48. The average Bonchev–Trinajstić information content (AvgIpc) is 3.56. The van der Waals surface area contributed by atoms with Gasteiger partial charge in [0.25, 0.3) is 0 Å². The largest absolute Gasteiger partial charge is 0.337 e. The summed E-state index contributed by atoms with van der Waals surface area (Å²) in [6, 6.07) is 14.3. The van der Waals surface area contributed by atoms with Crippen LogP contribution >= 0.6 is 0 Å². The van der Waals surface area contributed by atoms with Gasteiger partial charge in [0.15, 0.2) is 0 Å². The van der Waals surface area contributed by atoms with Crippen LogP contribution in [0.4, 0.5) is 10.1 Å². The average molecular weight is 407 g/mol. The first kappa shape index (κ1) is 20.3. The van der Waals surface area contributed by atoms with Crippen LogP contribution in [0.1, 0.15) is 23.5 Å². The Morgan fingerprint density at radius 1 is 1.10 bits per heavy atom. The molecule has 2 unspecified atom stereocenters. The molecule has 5 nitrogen and oxygen atoms in total. The molecule has 4 rings (SSSR count). The van der Waals surface area contributed by atoms with Crippen LogP contribution < -0.4 is 5.32 Å². The predicted molar refractivity (Wildman–Crippen MR) is 114 cm³/mol. The van der Waals surface area contributed by atoms with E-state index in [1.165, 1.54) is 18.2 Å². The molecule has 2 aromatic carbocycles. The number of rotatable bonds is 6. The molecule has 2 atom stereocenters. The fourth-order valence-corrected chi connectivity index (χ4v) is 4.06. The molecule has 1 N–H and O–H groups in total. The maximum Gasteiger partial charge on any atom is 0.246 e. The fourth-order valence-electron chi connectivity index (χ4n) is 4.06. The molecule has 0 radical (unpaired) electrons. The van der Waals surface area contributed by atoms with E-state index < -0.39 is 0 Å². The molecule has 0 spiro atoms. The first-order valence-corrected chi connectivity index (χ1v) is 10.3. The van der Waals surface area contributed by atoms with E-state index in [0.717, 1.165) is 42.9 Å². The number of nitrogens with zero attached hydrogens (tertiary/aromatic N) is 2. The van der Waals surface area contributed by atoms with Crippen LogP contribution in [-0.4, -0.2) is 47.8 Å². The molecule has 6 heteroatoms. The van der Waals surface area contributed by atoms with Gasteiger partial charge in [-0.1, -0.05) is 30.8 Å². The lowest BCUT2D eigenvalue weighted by Crippen LogP contribution is -2.47. The first-order valence-electron chi connectivity index (χ1n) is 10.3. The van der Waals surface area contributed by atoms with Crippen LogP contribution in [0.5, 0.6) is 0 Å². The highest BCUT2D eigenvalue weighted by Gasteiger charge is 2.43. The van der Waals surface area contributed by atoms with E-state index >= 15 is 0 Å². The summed E-state index contributed by atoms with van der Waals surface area (Å²) in [5.41, 5.74) is 2.93. The molecule has 0 aromatic heterocycles. The topological polar surface area (TPSA) is 52.7 Å². The molecule has 1 saturated heterocycles. The van der Waals surface area contributed by atoms with Crippen molar-refractivity contribution >= 4 is 17.5 Å². The molecular weight excluding hydrogens is 381 g/mol. The monoisotopic (exact) mass is 407 g/mol. The van der Waals surface area contributed by atoms with Crippen LogP contribution in [0.3, 0.4) is 0 Å². The molecule has 1 aliphatic carbocycles. The fraction of sp³-hybridized carbons (Fsp3) is 0.333. The van der Waals surface area contributed by atoms with Crippen molar-refractivity contribution in [2.45, 2.75) is 18.9 Å². The molecule has 156 valence electrons. The third-order valence-corrected chi connectivity index (χ3v) is 5.88. The molecule has 1 heterocycles. The highest BCUT2D eigenvalue weighted by molar-refractivity contribution is 5.95. The van der Waals surface area contributed by atoms with Crippen molar-refractivity contribution in [3.63, 3.8) is 0 Å². The summed E-state index contributed by atoms with van der Waals surface area (Å²) in [5, 5.41) is 3.03. The number of benzene rings is 2. The number of hydrogen-bond acceptors (Lipinski definition) is 3. The normalized spacial score (nSPS) is 21.2. The molecular formula is C24H26FN3O2. The van der Waals surface area contributed by atoms with Gasteiger partial charge in [-0.15, -0.1) is 0 Å². The van der Waals surface area contributed by atoms with E-state index in [4.69, 9.17) is 0 Å². The molecule has 2 aromatic rings. The SMILES string of the molecule is C=CC(=O)N1CCN(Cc2cccc(NC(=O)C3CC3c3ccc(F)cc3)c2)CC1. The van der Waals surface area contributed by atoms with Gasteiger partial charge in [0.2, 0.25) is 11.8 Å². The second-order valence-corrected chi connectivity index (χ2v) is 8.00.